The summed E-state index contributed by atoms with van der Waals surface area (Å²) in [5, 5.41) is 0. The lowest BCUT2D eigenvalue weighted by Gasteiger charge is -2.18. The van der Waals surface area contributed by atoms with E-state index in [1.165, 1.54) is 12.0 Å². The van der Waals surface area contributed by atoms with E-state index in [0.717, 1.165) is 22.6 Å². The highest BCUT2D eigenvalue weighted by Crippen LogP contribution is 2.28. The molecule has 0 aromatic heterocycles. The number of likely N-dealkylation sites (N-methyl/N-ethyl adjacent to an activating group) is 1. The van der Waals surface area contributed by atoms with Gasteiger partial charge in [0.25, 0.3) is 0 Å². The van der Waals surface area contributed by atoms with Gasteiger partial charge in [-0.25, -0.2) is 4.79 Å². The summed E-state index contributed by atoms with van der Waals surface area (Å²) < 4.78 is 15.2. The molecule has 0 atom stereocenters. The predicted molar refractivity (Wildman–Crippen MR) is 73.0 cm³/mol. The lowest BCUT2D eigenvalue weighted by atomic mass is 10.0. The van der Waals surface area contributed by atoms with Crippen molar-refractivity contribution in [2.45, 2.75) is 13.3 Å². The first kappa shape index (κ1) is 15.1. The molecule has 0 unspecified atom stereocenters. The van der Waals surface area contributed by atoms with Crippen molar-refractivity contribution in [3.63, 3.8) is 0 Å². The number of rotatable bonds is 5. The van der Waals surface area contributed by atoms with Gasteiger partial charge >= 0.3 is 6.09 Å². The molecule has 1 aromatic rings. The summed E-state index contributed by atoms with van der Waals surface area (Å²) in [7, 11) is 6.33. The standard InChI is InChI=1S/C14H21NO4/c1-10-8-11(17-3)9-13(18-4)12(10)6-7-15(2)14(16)19-5/h8-9H,6-7H2,1-5H3. The fraction of sp³-hybridized carbons (Fsp3) is 0.500. The van der Waals surface area contributed by atoms with E-state index < -0.39 is 0 Å². The molecule has 0 saturated carbocycles. The molecular weight excluding hydrogens is 246 g/mol. The van der Waals surface area contributed by atoms with Crippen LogP contribution in [0, 0.1) is 6.92 Å². The van der Waals surface area contributed by atoms with Crippen LogP contribution < -0.4 is 9.47 Å². The van der Waals surface area contributed by atoms with Crippen LogP contribution in [0.3, 0.4) is 0 Å². The van der Waals surface area contributed by atoms with Gasteiger partial charge in [0.15, 0.2) is 0 Å². The molecule has 0 aliphatic heterocycles. The molecule has 1 aromatic carbocycles. The van der Waals surface area contributed by atoms with Crippen LogP contribution in [-0.2, 0) is 11.2 Å². The molecule has 19 heavy (non-hydrogen) atoms. The molecule has 5 heteroatoms. The summed E-state index contributed by atoms with van der Waals surface area (Å²) in [6.45, 7) is 2.56. The van der Waals surface area contributed by atoms with Crippen molar-refractivity contribution >= 4 is 6.09 Å². The van der Waals surface area contributed by atoms with E-state index in [-0.39, 0.29) is 6.09 Å². The molecule has 0 heterocycles. The second kappa shape index (κ2) is 6.87. The highest BCUT2D eigenvalue weighted by molar-refractivity contribution is 5.67. The highest BCUT2D eigenvalue weighted by Gasteiger charge is 2.13. The maximum atomic E-state index is 11.3. The number of carbonyl (C=O) groups is 1. The molecule has 0 aliphatic carbocycles. The molecule has 0 spiro atoms. The first-order chi connectivity index (χ1) is 9.03. The number of ether oxygens (including phenoxy) is 3. The number of amides is 1. The Labute approximate surface area is 114 Å². The van der Waals surface area contributed by atoms with Gasteiger partial charge in [-0.3, -0.25) is 0 Å². The molecule has 0 fully saturated rings. The fourth-order valence-electron chi connectivity index (χ4n) is 1.90. The third kappa shape index (κ3) is 3.77. The molecule has 0 radical (unpaired) electrons. The summed E-state index contributed by atoms with van der Waals surface area (Å²) in [6.07, 6.45) is 0.357. The molecule has 0 bridgehead atoms. The summed E-state index contributed by atoms with van der Waals surface area (Å²) >= 11 is 0. The minimum Gasteiger partial charge on any atom is -0.497 e. The van der Waals surface area contributed by atoms with Gasteiger partial charge < -0.3 is 19.1 Å². The summed E-state index contributed by atoms with van der Waals surface area (Å²) in [4.78, 5) is 12.9. The monoisotopic (exact) mass is 267 g/mol. The van der Waals surface area contributed by atoms with Crippen molar-refractivity contribution in [2.24, 2.45) is 0 Å². The van der Waals surface area contributed by atoms with E-state index in [9.17, 15) is 4.79 Å². The van der Waals surface area contributed by atoms with Crippen molar-refractivity contribution in [1.29, 1.82) is 0 Å². The minimum absolute atomic E-state index is 0.342. The molecule has 0 aliphatic rings. The van der Waals surface area contributed by atoms with Crippen LogP contribution in [0.1, 0.15) is 11.1 Å². The van der Waals surface area contributed by atoms with Crippen LogP contribution in [0.25, 0.3) is 0 Å². The quantitative estimate of drug-likeness (QED) is 0.821. The Morgan fingerprint density at radius 3 is 2.42 bits per heavy atom. The normalized spacial score (nSPS) is 9.95. The van der Waals surface area contributed by atoms with Crippen LogP contribution in [0.4, 0.5) is 4.79 Å². The average molecular weight is 267 g/mol. The van der Waals surface area contributed by atoms with Crippen molar-refractivity contribution in [3.8, 4) is 11.5 Å². The van der Waals surface area contributed by atoms with E-state index in [1.807, 2.05) is 19.1 Å². The molecule has 0 saturated heterocycles. The third-order valence-electron chi connectivity index (χ3n) is 3.04. The molecule has 1 amide bonds. The second-order valence-electron chi connectivity index (χ2n) is 4.27. The zero-order valence-electron chi connectivity index (χ0n) is 12.1. The maximum absolute atomic E-state index is 11.3. The van der Waals surface area contributed by atoms with Crippen LogP contribution in [0.15, 0.2) is 12.1 Å². The summed E-state index contributed by atoms with van der Waals surface area (Å²) in [6, 6.07) is 3.80. The molecule has 5 nitrogen and oxygen atoms in total. The van der Waals surface area contributed by atoms with Gasteiger partial charge in [0.05, 0.1) is 21.3 Å². The van der Waals surface area contributed by atoms with Gasteiger partial charge in [0.1, 0.15) is 11.5 Å². The van der Waals surface area contributed by atoms with Gasteiger partial charge in [0, 0.05) is 19.7 Å². The topological polar surface area (TPSA) is 48.0 Å². The van der Waals surface area contributed by atoms with Gasteiger partial charge in [-0.05, 0) is 30.5 Å². The first-order valence-corrected chi connectivity index (χ1v) is 6.04. The third-order valence-corrected chi connectivity index (χ3v) is 3.04. The number of carbonyl (C=O) groups excluding carboxylic acids is 1. The van der Waals surface area contributed by atoms with Crippen LogP contribution >= 0.6 is 0 Å². The largest absolute Gasteiger partial charge is 0.497 e. The van der Waals surface area contributed by atoms with Crippen molar-refractivity contribution in [3.05, 3.63) is 23.3 Å². The van der Waals surface area contributed by atoms with Gasteiger partial charge in [-0.2, -0.15) is 0 Å². The molecule has 1 rings (SSSR count). The number of hydrogen-bond acceptors (Lipinski definition) is 4. The smallest absolute Gasteiger partial charge is 0.409 e. The van der Waals surface area contributed by atoms with E-state index in [4.69, 9.17) is 9.47 Å². The van der Waals surface area contributed by atoms with Gasteiger partial charge in [-0.1, -0.05) is 0 Å². The summed E-state index contributed by atoms with van der Waals surface area (Å²) in [5.74, 6) is 1.54. The summed E-state index contributed by atoms with van der Waals surface area (Å²) in [5.41, 5.74) is 2.15. The van der Waals surface area contributed by atoms with Gasteiger partial charge in [0.2, 0.25) is 0 Å². The van der Waals surface area contributed by atoms with Crippen molar-refractivity contribution < 1.29 is 19.0 Å². The van der Waals surface area contributed by atoms with Crippen LogP contribution in [0.5, 0.6) is 11.5 Å². The number of hydrogen-bond donors (Lipinski definition) is 0. The lowest BCUT2D eigenvalue weighted by molar-refractivity contribution is 0.133. The fourth-order valence-corrected chi connectivity index (χ4v) is 1.90. The number of aryl methyl sites for hydroxylation is 1. The van der Waals surface area contributed by atoms with E-state index in [0.29, 0.717) is 13.0 Å². The maximum Gasteiger partial charge on any atom is 0.409 e. The number of benzene rings is 1. The predicted octanol–water partition coefficient (Wildman–Crippen LogP) is 2.25. The molecule has 0 N–H and O–H groups in total. The van der Waals surface area contributed by atoms with E-state index >= 15 is 0 Å². The van der Waals surface area contributed by atoms with E-state index in [1.54, 1.807) is 21.3 Å². The zero-order valence-corrected chi connectivity index (χ0v) is 12.1. The highest BCUT2D eigenvalue weighted by atomic mass is 16.5. The molecular formula is C14H21NO4. The number of nitrogens with zero attached hydrogens (tertiary/aromatic N) is 1. The van der Waals surface area contributed by atoms with E-state index in [2.05, 4.69) is 4.74 Å². The average Bonchev–Trinajstić information content (AvgIpc) is 2.43. The number of methoxy groups -OCH3 is 3. The Morgan fingerprint density at radius 2 is 1.89 bits per heavy atom. The van der Waals surface area contributed by atoms with Gasteiger partial charge in [-0.15, -0.1) is 0 Å². The minimum atomic E-state index is -0.342. The molecule has 106 valence electrons. The second-order valence-corrected chi connectivity index (χ2v) is 4.27. The Balaban J connectivity index is 2.86. The van der Waals surface area contributed by atoms with Crippen LogP contribution in [0.2, 0.25) is 0 Å². The lowest BCUT2D eigenvalue weighted by Crippen LogP contribution is -2.28. The Morgan fingerprint density at radius 1 is 1.21 bits per heavy atom. The SMILES string of the molecule is COC(=O)N(C)CCc1c(C)cc(OC)cc1OC. The first-order valence-electron chi connectivity index (χ1n) is 6.04. The van der Waals surface area contributed by atoms with Crippen LogP contribution in [-0.4, -0.2) is 45.9 Å². The van der Waals surface area contributed by atoms with Crippen molar-refractivity contribution in [1.82, 2.24) is 4.90 Å². The van der Waals surface area contributed by atoms with Crippen molar-refractivity contribution in [2.75, 3.05) is 34.9 Å². The Hall–Kier alpha value is -1.91. The Bertz CT molecular complexity index is 445. The zero-order chi connectivity index (χ0) is 14.4. The Kier molecular flexibility index (Phi) is 5.48.